The Balaban J connectivity index is 1.72. The van der Waals surface area contributed by atoms with E-state index in [0.29, 0.717) is 13.1 Å². The van der Waals surface area contributed by atoms with Gasteiger partial charge in [-0.15, -0.1) is 0 Å². The Bertz CT molecular complexity index is 948. The third-order valence-corrected chi connectivity index (χ3v) is 4.58. The summed E-state index contributed by atoms with van der Waals surface area (Å²) >= 11 is 0. The smallest absolute Gasteiger partial charge is 0.278 e. The Kier molecular flexibility index (Phi) is 6.06. The zero-order chi connectivity index (χ0) is 21.0. The van der Waals surface area contributed by atoms with Crippen LogP contribution in [-0.2, 0) is 13.1 Å². The van der Waals surface area contributed by atoms with Crippen LogP contribution in [0.3, 0.4) is 0 Å². The molecule has 0 saturated heterocycles. The fourth-order valence-electron chi connectivity index (χ4n) is 3.08. The van der Waals surface area contributed by atoms with Crippen molar-refractivity contribution in [2.75, 3.05) is 13.7 Å². The highest BCUT2D eigenvalue weighted by Gasteiger charge is 2.33. The number of amides is 1. The Morgan fingerprint density at radius 3 is 2.69 bits per heavy atom. The summed E-state index contributed by atoms with van der Waals surface area (Å²) in [6.07, 6.45) is 5.15. The van der Waals surface area contributed by atoms with Crippen LogP contribution in [0.2, 0.25) is 0 Å². The second-order valence-electron chi connectivity index (χ2n) is 7.12. The van der Waals surface area contributed by atoms with Gasteiger partial charge in [0.2, 0.25) is 5.88 Å². The van der Waals surface area contributed by atoms with E-state index in [1.807, 2.05) is 37.3 Å². The number of hydrogen-bond acceptors (Lipinski definition) is 4. The largest absolute Gasteiger partial charge is 0.471 e. The first-order valence-corrected chi connectivity index (χ1v) is 9.24. The maximum absolute atomic E-state index is 13.1. The molecule has 1 aliphatic rings. The van der Waals surface area contributed by atoms with Crippen LogP contribution >= 0.6 is 0 Å². The Hall–Kier alpha value is -3.09. The molecule has 0 fully saturated rings. The molecule has 2 heterocycles. The monoisotopic (exact) mass is 399 g/mol. The molecule has 0 bridgehead atoms. The van der Waals surface area contributed by atoms with Gasteiger partial charge in [-0.05, 0) is 41.3 Å². The first-order chi connectivity index (χ1) is 13.8. The lowest BCUT2D eigenvalue weighted by molar-refractivity contribution is -0.0245. The van der Waals surface area contributed by atoms with Crippen LogP contribution in [0, 0.1) is 0 Å². The van der Waals surface area contributed by atoms with E-state index in [9.17, 15) is 13.6 Å². The molecule has 2 aromatic rings. The topological polar surface area (TPSA) is 54.8 Å². The number of nitrogens with zero attached hydrogens (tertiary/aromatic N) is 3. The third-order valence-electron chi connectivity index (χ3n) is 4.58. The molecule has 7 heteroatoms. The molecule has 152 valence electrons. The summed E-state index contributed by atoms with van der Waals surface area (Å²) < 4.78 is 31.4. The molecule has 0 spiro atoms. The van der Waals surface area contributed by atoms with Gasteiger partial charge in [-0.2, -0.15) is 0 Å². The van der Waals surface area contributed by atoms with Gasteiger partial charge in [-0.25, -0.2) is 13.8 Å². The summed E-state index contributed by atoms with van der Waals surface area (Å²) in [6.45, 7) is 2.76. The fourth-order valence-corrected chi connectivity index (χ4v) is 3.08. The van der Waals surface area contributed by atoms with Gasteiger partial charge in [0.05, 0.1) is 0 Å². The number of fused-ring (bicyclic) bond motifs is 1. The highest BCUT2D eigenvalue weighted by Crippen LogP contribution is 2.31. The van der Waals surface area contributed by atoms with Crippen LogP contribution in [0.1, 0.15) is 40.9 Å². The highest BCUT2D eigenvalue weighted by atomic mass is 19.3. The van der Waals surface area contributed by atoms with Crippen LogP contribution in [0.4, 0.5) is 8.78 Å². The van der Waals surface area contributed by atoms with Crippen molar-refractivity contribution in [3.8, 4) is 5.88 Å². The quantitative estimate of drug-likeness (QED) is 0.650. The van der Waals surface area contributed by atoms with Crippen molar-refractivity contribution in [1.29, 1.82) is 0 Å². The number of pyridine rings is 1. The Labute approximate surface area is 168 Å². The third kappa shape index (κ3) is 5.04. The van der Waals surface area contributed by atoms with E-state index in [1.54, 1.807) is 24.2 Å². The predicted molar refractivity (Wildman–Crippen MR) is 108 cm³/mol. The van der Waals surface area contributed by atoms with Gasteiger partial charge in [-0.3, -0.25) is 9.79 Å². The van der Waals surface area contributed by atoms with Crippen molar-refractivity contribution in [3.63, 3.8) is 0 Å². The highest BCUT2D eigenvalue weighted by molar-refractivity contribution is 6.00. The minimum atomic E-state index is -3.00. The number of benzene rings is 1. The summed E-state index contributed by atoms with van der Waals surface area (Å²) in [6, 6.07) is 9.66. The van der Waals surface area contributed by atoms with Crippen molar-refractivity contribution in [2.45, 2.75) is 32.9 Å². The number of hydrogen-bond donors (Lipinski definition) is 0. The van der Waals surface area contributed by atoms with Gasteiger partial charge in [-0.1, -0.05) is 24.3 Å². The van der Waals surface area contributed by atoms with Gasteiger partial charge >= 0.3 is 0 Å². The van der Waals surface area contributed by atoms with Crippen LogP contribution in [-0.4, -0.2) is 41.6 Å². The van der Waals surface area contributed by atoms with E-state index in [1.165, 1.54) is 6.20 Å². The molecule has 1 aromatic heterocycles. The normalized spacial score (nSPS) is 14.6. The van der Waals surface area contributed by atoms with E-state index in [-0.39, 0.29) is 17.4 Å². The molecular formula is C22H23F2N3O2. The average molecular weight is 399 g/mol. The van der Waals surface area contributed by atoms with E-state index < -0.39 is 12.5 Å². The van der Waals surface area contributed by atoms with Crippen molar-refractivity contribution in [3.05, 3.63) is 64.9 Å². The molecule has 1 amide bonds. The summed E-state index contributed by atoms with van der Waals surface area (Å²) in [7, 11) is 1.72. The van der Waals surface area contributed by atoms with Gasteiger partial charge < -0.3 is 9.64 Å². The summed E-state index contributed by atoms with van der Waals surface area (Å²) in [5, 5.41) is 0. The first-order valence-electron chi connectivity index (χ1n) is 9.24. The number of carbonyl (C=O) groups excluding carboxylic acids is 1. The van der Waals surface area contributed by atoms with Gasteiger partial charge in [0.1, 0.15) is 5.56 Å². The Morgan fingerprint density at radius 1 is 1.31 bits per heavy atom. The lowest BCUT2D eigenvalue weighted by Crippen LogP contribution is -2.25. The van der Waals surface area contributed by atoms with Crippen molar-refractivity contribution in [2.24, 2.45) is 4.99 Å². The zero-order valence-electron chi connectivity index (χ0n) is 16.7. The molecule has 3 rings (SSSR count). The summed E-state index contributed by atoms with van der Waals surface area (Å²) in [4.78, 5) is 22.4. The second-order valence-corrected chi connectivity index (χ2v) is 7.12. The first kappa shape index (κ1) is 20.6. The number of aromatic nitrogens is 1. The molecular weight excluding hydrogens is 376 g/mol. The molecule has 1 aliphatic heterocycles. The fraction of sp³-hybridized carbons (Fsp3) is 0.318. The summed E-state index contributed by atoms with van der Waals surface area (Å²) in [5.74, 6) is -3.30. The number of carbonyl (C=O) groups is 1. The van der Waals surface area contributed by atoms with E-state index in [4.69, 9.17) is 4.74 Å². The molecule has 0 N–H and O–H groups in total. The van der Waals surface area contributed by atoms with Crippen molar-refractivity contribution in [1.82, 2.24) is 9.88 Å². The van der Waals surface area contributed by atoms with Crippen LogP contribution < -0.4 is 4.74 Å². The SMILES string of the molecule is CN=C/C=C(\C)c1ccc(CN2Cc3ccnc(OCC(C)(F)F)c3C2=O)cc1. The van der Waals surface area contributed by atoms with Crippen LogP contribution in [0.5, 0.6) is 5.88 Å². The maximum atomic E-state index is 13.1. The molecule has 0 aliphatic carbocycles. The number of halogens is 2. The molecule has 0 unspecified atom stereocenters. The average Bonchev–Trinajstić information content (AvgIpc) is 3.00. The van der Waals surface area contributed by atoms with E-state index in [0.717, 1.165) is 29.2 Å². The predicted octanol–water partition coefficient (Wildman–Crippen LogP) is 4.38. The molecule has 29 heavy (non-hydrogen) atoms. The number of alkyl halides is 2. The van der Waals surface area contributed by atoms with Crippen LogP contribution in [0.25, 0.3) is 5.57 Å². The number of aliphatic imine (C=N–C) groups is 1. The second kappa shape index (κ2) is 8.51. The van der Waals surface area contributed by atoms with Crippen molar-refractivity contribution >= 4 is 17.7 Å². The van der Waals surface area contributed by atoms with E-state index in [2.05, 4.69) is 9.98 Å². The number of rotatable bonds is 7. The Morgan fingerprint density at radius 2 is 2.03 bits per heavy atom. The molecule has 0 atom stereocenters. The lowest BCUT2D eigenvalue weighted by atomic mass is 10.1. The van der Waals surface area contributed by atoms with Gasteiger partial charge in [0, 0.05) is 39.5 Å². The van der Waals surface area contributed by atoms with Crippen molar-refractivity contribution < 1.29 is 18.3 Å². The van der Waals surface area contributed by atoms with Gasteiger partial charge in [0.15, 0.2) is 6.61 Å². The number of allylic oxidation sites excluding steroid dienone is 2. The minimum Gasteiger partial charge on any atom is -0.471 e. The number of ether oxygens (including phenoxy) is 1. The molecule has 5 nitrogen and oxygen atoms in total. The standard InChI is InChI=1S/C22H23F2N3O2/c1-15(8-10-25-3)17-6-4-16(5-7-17)12-27-13-18-9-11-26-20(19(18)21(27)28)29-14-22(2,23)24/h4-11H,12-14H2,1-3H3/b15-8+,25-10?. The van der Waals surface area contributed by atoms with Crippen LogP contribution in [0.15, 0.2) is 47.6 Å². The maximum Gasteiger partial charge on any atom is 0.278 e. The molecule has 1 aromatic carbocycles. The lowest BCUT2D eigenvalue weighted by Gasteiger charge is -2.16. The molecule has 0 saturated carbocycles. The minimum absolute atomic E-state index is 0.0368. The molecule has 0 radical (unpaired) electrons. The summed E-state index contributed by atoms with van der Waals surface area (Å²) in [5.41, 5.74) is 4.14. The van der Waals surface area contributed by atoms with Gasteiger partial charge in [0.25, 0.3) is 11.8 Å². The van der Waals surface area contributed by atoms with E-state index >= 15 is 0 Å². The zero-order valence-corrected chi connectivity index (χ0v) is 16.7.